The minimum atomic E-state index is -4.68. The van der Waals surface area contributed by atoms with E-state index in [1.54, 1.807) is 21.7 Å². The van der Waals surface area contributed by atoms with Crippen LogP contribution < -0.4 is 0 Å². The van der Waals surface area contributed by atoms with Crippen LogP contribution in [0.25, 0.3) is 0 Å². The lowest BCUT2D eigenvalue weighted by Gasteiger charge is -2.62. The van der Waals surface area contributed by atoms with Crippen LogP contribution in [-0.4, -0.2) is 44.1 Å². The third-order valence-corrected chi connectivity index (χ3v) is 7.18. The van der Waals surface area contributed by atoms with Crippen molar-refractivity contribution in [2.45, 2.75) is 82.4 Å². The molecule has 1 saturated carbocycles. The number of hydrogen-bond acceptors (Lipinski definition) is 5. The van der Waals surface area contributed by atoms with Crippen molar-refractivity contribution in [1.82, 2.24) is 0 Å². The van der Waals surface area contributed by atoms with Gasteiger partial charge in [0, 0.05) is 24.9 Å². The molecule has 5 fully saturated rings. The largest absolute Gasteiger partial charge is 0.443 e. The average molecular weight is 392 g/mol. The van der Waals surface area contributed by atoms with Gasteiger partial charge in [0.1, 0.15) is 7.85 Å². The van der Waals surface area contributed by atoms with Crippen LogP contribution in [-0.2, 0) is 24.0 Å². The Morgan fingerprint density at radius 3 is 2.48 bits per heavy atom. The van der Waals surface area contributed by atoms with Crippen LogP contribution >= 0.6 is 0 Å². The molecule has 27 heavy (non-hydrogen) atoms. The highest BCUT2D eigenvalue weighted by Gasteiger charge is 2.77. The molecule has 0 unspecified atom stereocenters. The first-order chi connectivity index (χ1) is 12.6. The Hall–Kier alpha value is -0.345. The van der Waals surface area contributed by atoms with Crippen molar-refractivity contribution in [1.29, 1.82) is 0 Å². The molecule has 2 bridgehead atoms. The van der Waals surface area contributed by atoms with Crippen LogP contribution in [0, 0.1) is 23.7 Å². The van der Waals surface area contributed by atoms with Crippen LogP contribution in [0.1, 0.15) is 46.5 Å². The Bertz CT molecular complexity index is 592. The zero-order chi connectivity index (χ0) is 19.7. The quantitative estimate of drug-likeness (QED) is 0.546. The Labute approximate surface area is 158 Å². The summed E-state index contributed by atoms with van der Waals surface area (Å²) in [5.41, 5.74) is -1.03. The van der Waals surface area contributed by atoms with Gasteiger partial charge in [-0.1, -0.05) is 20.2 Å². The maximum absolute atomic E-state index is 14.3. The van der Waals surface area contributed by atoms with Crippen LogP contribution in [0.3, 0.4) is 0 Å². The van der Waals surface area contributed by atoms with Gasteiger partial charge in [0.15, 0.2) is 11.9 Å². The summed E-state index contributed by atoms with van der Waals surface area (Å²) in [6.07, 6.45) is -2.63. The van der Waals surface area contributed by atoms with Crippen molar-refractivity contribution in [3.63, 3.8) is 0 Å². The number of ether oxygens (including phenoxy) is 3. The van der Waals surface area contributed by atoms with E-state index in [4.69, 9.17) is 24.0 Å². The second-order valence-electron chi connectivity index (χ2n) is 8.83. The third-order valence-electron chi connectivity index (χ3n) is 7.18. The van der Waals surface area contributed by atoms with Crippen LogP contribution in [0.4, 0.5) is 13.2 Å². The molecule has 5 nitrogen and oxygen atoms in total. The maximum atomic E-state index is 14.3. The molecule has 0 N–H and O–H groups in total. The van der Waals surface area contributed by atoms with Gasteiger partial charge in [-0.05, 0) is 38.0 Å². The standard InChI is InChI=1S/C18H28BF3O5/c1-10-4-5-13-11(2)17(18(20,21)22,23-9-8-19)25-14-16(13)12(10)6-7-15(3,24-14)26-27-16/h10-14H,4-9,19H2,1-3H3/t10-,11-,12+,13+,14+,15+,16-,17-/m1/s1. The first kappa shape index (κ1) is 19.9. The summed E-state index contributed by atoms with van der Waals surface area (Å²) in [7, 11) is 1.78. The van der Waals surface area contributed by atoms with Gasteiger partial charge in [0.25, 0.3) is 5.79 Å². The monoisotopic (exact) mass is 392 g/mol. The van der Waals surface area contributed by atoms with E-state index < -0.39 is 41.5 Å². The molecule has 1 spiro atoms. The van der Waals surface area contributed by atoms with E-state index in [0.717, 1.165) is 12.8 Å². The van der Waals surface area contributed by atoms with E-state index in [2.05, 4.69) is 6.92 Å². The number of hydrogen-bond donors (Lipinski definition) is 0. The second kappa shape index (κ2) is 6.32. The van der Waals surface area contributed by atoms with Crippen molar-refractivity contribution in [2.75, 3.05) is 6.61 Å². The number of halogens is 3. The van der Waals surface area contributed by atoms with Gasteiger partial charge < -0.3 is 14.2 Å². The summed E-state index contributed by atoms with van der Waals surface area (Å²) in [6, 6.07) is 0. The third kappa shape index (κ3) is 2.65. The predicted octanol–water partition coefficient (Wildman–Crippen LogP) is 3.19. The fourth-order valence-corrected chi connectivity index (χ4v) is 5.74. The Kier molecular flexibility index (Phi) is 4.67. The maximum Gasteiger partial charge on any atom is 0.443 e. The summed E-state index contributed by atoms with van der Waals surface area (Å²) in [4.78, 5) is 11.5. The van der Waals surface area contributed by atoms with E-state index in [9.17, 15) is 13.2 Å². The molecule has 5 aliphatic rings. The van der Waals surface area contributed by atoms with Gasteiger partial charge in [-0.2, -0.15) is 13.2 Å². The number of rotatable bonds is 3. The van der Waals surface area contributed by atoms with Crippen LogP contribution in [0.5, 0.6) is 0 Å². The molecule has 0 radical (unpaired) electrons. The summed E-state index contributed by atoms with van der Waals surface area (Å²) in [6.45, 7) is 5.35. The minimum Gasteiger partial charge on any atom is -0.343 e. The summed E-state index contributed by atoms with van der Waals surface area (Å²) < 4.78 is 60.0. The summed E-state index contributed by atoms with van der Waals surface area (Å²) in [5.74, 6) is -4.87. The first-order valence-corrected chi connectivity index (χ1v) is 10.0. The molecular weight excluding hydrogens is 364 g/mol. The lowest BCUT2D eigenvalue weighted by molar-refractivity contribution is -0.598. The van der Waals surface area contributed by atoms with Crippen molar-refractivity contribution < 1.29 is 37.2 Å². The van der Waals surface area contributed by atoms with Crippen LogP contribution in [0.15, 0.2) is 0 Å². The van der Waals surface area contributed by atoms with Gasteiger partial charge in [-0.15, -0.1) is 0 Å². The second-order valence-corrected chi connectivity index (χ2v) is 8.83. The highest BCUT2D eigenvalue weighted by atomic mass is 19.4. The highest BCUT2D eigenvalue weighted by Crippen LogP contribution is 2.64. The number of alkyl halides is 3. The lowest BCUT2D eigenvalue weighted by Crippen LogP contribution is -2.76. The van der Waals surface area contributed by atoms with Gasteiger partial charge in [-0.3, -0.25) is 0 Å². The molecule has 4 aliphatic heterocycles. The molecular formula is C18H28BF3O5. The van der Waals surface area contributed by atoms with Crippen molar-refractivity contribution >= 4 is 7.85 Å². The van der Waals surface area contributed by atoms with Gasteiger partial charge in [0.2, 0.25) is 5.79 Å². The molecule has 4 saturated heterocycles. The summed E-state index contributed by atoms with van der Waals surface area (Å²) in [5, 5.41) is 0. The van der Waals surface area contributed by atoms with Gasteiger partial charge in [-0.25, -0.2) is 9.78 Å². The fraction of sp³-hybridized carbons (Fsp3) is 1.00. The molecule has 0 aromatic carbocycles. The zero-order valence-corrected chi connectivity index (χ0v) is 16.3. The molecule has 1 aliphatic carbocycles. The smallest absolute Gasteiger partial charge is 0.343 e. The van der Waals surface area contributed by atoms with Gasteiger partial charge in [0.05, 0.1) is 0 Å². The lowest BCUT2D eigenvalue weighted by atomic mass is 9.57. The molecule has 0 amide bonds. The Morgan fingerprint density at radius 1 is 1.07 bits per heavy atom. The van der Waals surface area contributed by atoms with Crippen molar-refractivity contribution in [3.05, 3.63) is 0 Å². The molecule has 5 rings (SSSR count). The number of fused-ring (bicyclic) bond motifs is 2. The average Bonchev–Trinajstić information content (AvgIpc) is 2.82. The molecule has 4 heterocycles. The van der Waals surface area contributed by atoms with Crippen LogP contribution in [0.2, 0.25) is 6.32 Å². The minimum absolute atomic E-state index is 0.0189. The predicted molar refractivity (Wildman–Crippen MR) is 91.1 cm³/mol. The highest BCUT2D eigenvalue weighted by molar-refractivity contribution is 6.08. The van der Waals surface area contributed by atoms with Crippen molar-refractivity contribution in [2.24, 2.45) is 23.7 Å². The van der Waals surface area contributed by atoms with E-state index in [-0.39, 0.29) is 12.5 Å². The Balaban J connectivity index is 1.82. The first-order valence-electron chi connectivity index (χ1n) is 10.0. The van der Waals surface area contributed by atoms with E-state index in [1.165, 1.54) is 0 Å². The fourth-order valence-electron chi connectivity index (χ4n) is 5.74. The molecule has 154 valence electrons. The molecule has 0 aromatic heterocycles. The molecule has 9 heteroatoms. The molecule has 8 atom stereocenters. The van der Waals surface area contributed by atoms with E-state index in [0.29, 0.717) is 25.1 Å². The van der Waals surface area contributed by atoms with Crippen molar-refractivity contribution in [3.8, 4) is 0 Å². The normalized spacial score (nSPS) is 52.3. The van der Waals surface area contributed by atoms with E-state index in [1.807, 2.05) is 0 Å². The zero-order valence-electron chi connectivity index (χ0n) is 16.3. The topological polar surface area (TPSA) is 46.2 Å². The van der Waals surface area contributed by atoms with Gasteiger partial charge >= 0.3 is 6.18 Å². The SMILES string of the molecule is BCCO[C@@]1(C(F)(F)F)O[C@@H]2O[C@]3(C)CC[C@H]4[C@H](C)CC[C@@H]([C@H]1C)[C@@]24OO3. The Morgan fingerprint density at radius 2 is 1.81 bits per heavy atom. The molecule has 0 aromatic rings. The summed E-state index contributed by atoms with van der Waals surface area (Å²) >= 11 is 0. The van der Waals surface area contributed by atoms with E-state index >= 15 is 0 Å².